The minimum atomic E-state index is -1.51. The molecule has 0 aliphatic heterocycles. The number of rotatable bonds is 4. The molecule has 0 spiro atoms. The van der Waals surface area contributed by atoms with Gasteiger partial charge < -0.3 is 30.0 Å². The van der Waals surface area contributed by atoms with Crippen LogP contribution in [0.15, 0.2) is 148 Å². The van der Waals surface area contributed by atoms with Crippen LogP contribution in [0, 0.1) is 0 Å². The molecule has 0 atom stereocenters. The minimum Gasteiger partial charge on any atom is -0.423 e. The van der Waals surface area contributed by atoms with Gasteiger partial charge in [0.2, 0.25) is 0 Å². The molecule has 12 nitrogen and oxygen atoms in total. The van der Waals surface area contributed by atoms with E-state index in [0.29, 0.717) is 54.1 Å². The molecule has 6 N–H and O–H groups in total. The molecule has 284 valence electrons. The molecule has 10 rings (SSSR count). The molecule has 0 aliphatic carbocycles. The van der Waals surface area contributed by atoms with E-state index in [2.05, 4.69) is 50.8 Å². The van der Waals surface area contributed by atoms with E-state index in [1.54, 1.807) is 24.8 Å². The van der Waals surface area contributed by atoms with E-state index >= 15 is 0 Å². The summed E-state index contributed by atoms with van der Waals surface area (Å²) in [6.45, 7) is 0. The van der Waals surface area contributed by atoms with E-state index in [4.69, 9.17) is 38.2 Å². The highest BCUT2D eigenvalue weighted by atomic mass is 79.9. The van der Waals surface area contributed by atoms with Crippen molar-refractivity contribution >= 4 is 95.8 Å². The van der Waals surface area contributed by atoms with Crippen molar-refractivity contribution in [3.63, 3.8) is 0 Å². The predicted octanol–water partition coefficient (Wildman–Crippen LogP) is 8.04. The number of H-pyrrole nitrogens is 4. The zero-order valence-corrected chi connectivity index (χ0v) is 33.0. The molecule has 6 heterocycles. The van der Waals surface area contributed by atoms with Crippen molar-refractivity contribution in [3.8, 4) is 33.6 Å². The summed E-state index contributed by atoms with van der Waals surface area (Å²) >= 11 is 15.7. The first kappa shape index (κ1) is 38.5. The van der Waals surface area contributed by atoms with E-state index in [1.165, 1.54) is 24.5 Å². The molecule has 0 saturated carbocycles. The van der Waals surface area contributed by atoms with Crippen molar-refractivity contribution in [2.24, 2.45) is 0 Å². The SMILES string of the molecule is O=c1cc[nH]c2nc(-c3ccccc3)c(-c3cc(Cl)c4nc[nH]c4c3)cc12.O=c1cc[nH]c2nc(-c3ccccc3)c(Br)cc12.OB(O)c1cc(Cl)c2nc[nH]c2c1. The largest absolute Gasteiger partial charge is 0.488 e. The van der Waals surface area contributed by atoms with Crippen molar-refractivity contribution in [1.29, 1.82) is 0 Å². The second-order valence-electron chi connectivity index (χ2n) is 12.8. The molecule has 0 saturated heterocycles. The maximum absolute atomic E-state index is 12.3. The number of fused-ring (bicyclic) bond motifs is 4. The van der Waals surface area contributed by atoms with Gasteiger partial charge in [-0.25, -0.2) is 19.9 Å². The maximum atomic E-state index is 12.3. The number of hydrogen-bond acceptors (Lipinski definition) is 8. The fraction of sp³-hybridized carbons (Fsp3) is 0. The Kier molecular flexibility index (Phi) is 11.0. The van der Waals surface area contributed by atoms with E-state index in [9.17, 15) is 9.59 Å². The quantitative estimate of drug-likeness (QED) is 0.0959. The van der Waals surface area contributed by atoms with Crippen molar-refractivity contribution in [1.82, 2.24) is 39.9 Å². The lowest BCUT2D eigenvalue weighted by Crippen LogP contribution is -2.29. The third-order valence-corrected chi connectivity index (χ3v) is 10.3. The lowest BCUT2D eigenvalue weighted by Gasteiger charge is -2.12. The lowest BCUT2D eigenvalue weighted by atomic mass is 9.80. The van der Waals surface area contributed by atoms with Crippen molar-refractivity contribution < 1.29 is 10.0 Å². The summed E-state index contributed by atoms with van der Waals surface area (Å²) in [4.78, 5) is 53.5. The number of hydrogen-bond donors (Lipinski definition) is 6. The van der Waals surface area contributed by atoms with Crippen LogP contribution in [0.1, 0.15) is 0 Å². The van der Waals surface area contributed by atoms with Gasteiger partial charge in [0.15, 0.2) is 10.9 Å². The van der Waals surface area contributed by atoms with E-state index < -0.39 is 7.12 Å². The topological polar surface area (TPSA) is 189 Å². The van der Waals surface area contributed by atoms with Crippen LogP contribution in [0.2, 0.25) is 10.0 Å². The average molecular weight is 870 g/mol. The molecular formula is C42H28BBrCl2N8O4. The highest BCUT2D eigenvalue weighted by molar-refractivity contribution is 9.10. The second-order valence-corrected chi connectivity index (χ2v) is 14.5. The molecule has 6 aromatic heterocycles. The Bertz CT molecular complexity index is 3210. The molecule has 0 bridgehead atoms. The normalized spacial score (nSPS) is 11.0. The number of nitrogens with zero attached hydrogens (tertiary/aromatic N) is 4. The van der Waals surface area contributed by atoms with Gasteiger partial charge in [-0.1, -0.05) is 83.9 Å². The monoisotopic (exact) mass is 868 g/mol. The maximum Gasteiger partial charge on any atom is 0.488 e. The Labute approximate surface area is 346 Å². The van der Waals surface area contributed by atoms with E-state index in [0.717, 1.165) is 43.6 Å². The summed E-state index contributed by atoms with van der Waals surface area (Å²) in [5, 5.41) is 19.9. The number of pyridine rings is 4. The fourth-order valence-corrected chi connectivity index (χ4v) is 7.43. The third-order valence-electron chi connectivity index (χ3n) is 9.12. The van der Waals surface area contributed by atoms with E-state index in [-0.39, 0.29) is 10.9 Å². The van der Waals surface area contributed by atoms with Crippen LogP contribution in [0.3, 0.4) is 0 Å². The summed E-state index contributed by atoms with van der Waals surface area (Å²) < 4.78 is 0.818. The second kappa shape index (κ2) is 16.6. The lowest BCUT2D eigenvalue weighted by molar-refractivity contribution is 0.426. The standard InChI is InChI=1S/C21H13ClN4O.C14H9BrN2O.C7H6BClN2O2/c22-16-8-13(9-17-20(16)25-11-24-17)14-10-15-18(27)6-7-23-21(15)26-19(14)12-4-2-1-3-5-12;15-11-8-10-12(18)6-7-16-14(10)17-13(11)9-4-2-1-3-5-9;9-5-1-4(8(12)13)2-6-7(5)11-3-10-6/h1-11H,(H,24,25)(H,23,26,27);1-8H,(H,16,17,18);1-3,12-13H,(H,10,11). The highest BCUT2D eigenvalue weighted by Crippen LogP contribution is 2.36. The molecule has 0 amide bonds. The van der Waals surface area contributed by atoms with Crippen LogP contribution < -0.4 is 16.3 Å². The van der Waals surface area contributed by atoms with Crippen LogP contribution >= 0.6 is 39.1 Å². The van der Waals surface area contributed by atoms with Crippen molar-refractivity contribution in [3.05, 3.63) is 169 Å². The van der Waals surface area contributed by atoms with Crippen molar-refractivity contribution in [2.45, 2.75) is 0 Å². The summed E-state index contributed by atoms with van der Waals surface area (Å²) in [7, 11) is -1.51. The Balaban J connectivity index is 0.000000131. The zero-order valence-electron chi connectivity index (χ0n) is 29.9. The van der Waals surface area contributed by atoms with Crippen LogP contribution in [0.4, 0.5) is 0 Å². The van der Waals surface area contributed by atoms with Gasteiger partial charge >= 0.3 is 7.12 Å². The van der Waals surface area contributed by atoms with Gasteiger partial charge in [-0.05, 0) is 63.4 Å². The number of halogens is 3. The number of aromatic nitrogens is 8. The Hall–Kier alpha value is -6.42. The molecular weight excluding hydrogens is 842 g/mol. The van der Waals surface area contributed by atoms with Gasteiger partial charge in [-0.3, -0.25) is 9.59 Å². The van der Waals surface area contributed by atoms with Gasteiger partial charge in [0.25, 0.3) is 0 Å². The van der Waals surface area contributed by atoms with Crippen LogP contribution in [0.25, 0.3) is 77.8 Å². The summed E-state index contributed by atoms with van der Waals surface area (Å²) in [6, 6.07) is 33.3. The summed E-state index contributed by atoms with van der Waals surface area (Å²) in [5.41, 5.74) is 9.54. The molecule has 10 aromatic rings. The van der Waals surface area contributed by atoms with Gasteiger partial charge in [0.1, 0.15) is 22.3 Å². The molecule has 4 aromatic carbocycles. The smallest absolute Gasteiger partial charge is 0.423 e. The summed E-state index contributed by atoms with van der Waals surface area (Å²) in [6.07, 6.45) is 6.34. The molecule has 0 fully saturated rings. The number of benzene rings is 4. The summed E-state index contributed by atoms with van der Waals surface area (Å²) in [5.74, 6) is 0. The van der Waals surface area contributed by atoms with Crippen molar-refractivity contribution in [2.75, 3.05) is 0 Å². The van der Waals surface area contributed by atoms with Gasteiger partial charge in [0, 0.05) is 45.7 Å². The number of imidazole rings is 2. The van der Waals surface area contributed by atoms with Crippen LogP contribution in [-0.2, 0) is 0 Å². The zero-order chi connectivity index (χ0) is 40.3. The van der Waals surface area contributed by atoms with Crippen LogP contribution in [-0.4, -0.2) is 57.0 Å². The molecule has 16 heteroatoms. The minimum absolute atomic E-state index is 0.0310. The van der Waals surface area contributed by atoms with Gasteiger partial charge in [-0.15, -0.1) is 0 Å². The third kappa shape index (κ3) is 7.92. The molecule has 0 aliphatic rings. The Morgan fingerprint density at radius 2 is 1.09 bits per heavy atom. The highest BCUT2D eigenvalue weighted by Gasteiger charge is 2.16. The number of aromatic amines is 4. The van der Waals surface area contributed by atoms with Gasteiger partial charge in [-0.2, -0.15) is 0 Å². The molecule has 58 heavy (non-hydrogen) atoms. The van der Waals surface area contributed by atoms with Gasteiger partial charge in [0.05, 0.1) is 55.9 Å². The molecule has 0 unspecified atom stereocenters. The average Bonchev–Trinajstić information content (AvgIpc) is 3.93. The first-order chi connectivity index (χ1) is 28.1. The molecule has 0 radical (unpaired) electrons. The first-order valence-electron chi connectivity index (χ1n) is 17.6. The Morgan fingerprint density at radius 1 is 0.569 bits per heavy atom. The first-order valence-corrected chi connectivity index (χ1v) is 19.1. The van der Waals surface area contributed by atoms with Crippen LogP contribution in [0.5, 0.6) is 0 Å². The number of nitrogens with one attached hydrogen (secondary N) is 4. The predicted molar refractivity (Wildman–Crippen MR) is 234 cm³/mol. The van der Waals surface area contributed by atoms with E-state index in [1.807, 2.05) is 84.9 Å². The fourth-order valence-electron chi connectivity index (χ4n) is 6.34. The Morgan fingerprint density at radius 3 is 1.67 bits per heavy atom.